The van der Waals surface area contributed by atoms with Crippen LogP contribution in [0.25, 0.3) is 0 Å². The van der Waals surface area contributed by atoms with Crippen molar-refractivity contribution in [2.45, 2.75) is 18.6 Å². The summed E-state index contributed by atoms with van der Waals surface area (Å²) in [6.07, 6.45) is 0.324. The number of nitrogens with zero attached hydrogens (tertiary/aromatic N) is 3. The van der Waals surface area contributed by atoms with Crippen molar-refractivity contribution in [2.75, 3.05) is 32.1 Å². The zero-order valence-electron chi connectivity index (χ0n) is 11.2. The van der Waals surface area contributed by atoms with E-state index in [-0.39, 0.29) is 17.8 Å². The van der Waals surface area contributed by atoms with Crippen molar-refractivity contribution in [2.24, 2.45) is 0 Å². The highest BCUT2D eigenvalue weighted by atomic mass is 16.6. The van der Waals surface area contributed by atoms with Crippen molar-refractivity contribution < 1.29 is 10.0 Å². The van der Waals surface area contributed by atoms with Gasteiger partial charge in [-0.1, -0.05) is 6.07 Å². The number of β-amino-alcohol motifs (C(OH)–C–C–N with tert-alkyl or cyclic N) is 1. The van der Waals surface area contributed by atoms with Crippen LogP contribution in [-0.2, 0) is 0 Å². The van der Waals surface area contributed by atoms with E-state index in [0.717, 1.165) is 12.2 Å². The topological polar surface area (TPSA) is 69.8 Å². The smallest absolute Gasteiger partial charge is 0.271 e. The van der Waals surface area contributed by atoms with Gasteiger partial charge in [0.25, 0.3) is 5.69 Å². The van der Waals surface area contributed by atoms with Gasteiger partial charge in [-0.3, -0.25) is 10.1 Å². The van der Waals surface area contributed by atoms with E-state index >= 15 is 0 Å². The molecule has 0 spiro atoms. The van der Waals surface area contributed by atoms with Crippen LogP contribution >= 0.6 is 0 Å². The van der Waals surface area contributed by atoms with E-state index in [1.807, 2.05) is 20.2 Å². The molecule has 1 aromatic carbocycles. The number of anilines is 1. The van der Waals surface area contributed by atoms with E-state index in [0.29, 0.717) is 13.0 Å². The Hall–Kier alpha value is -1.66. The first-order chi connectivity index (χ1) is 8.97. The lowest BCUT2D eigenvalue weighted by molar-refractivity contribution is -0.384. The highest BCUT2D eigenvalue weighted by molar-refractivity contribution is 5.55. The molecule has 6 nitrogen and oxygen atoms in total. The largest absolute Gasteiger partial charge is 0.391 e. The number of rotatable bonds is 4. The van der Waals surface area contributed by atoms with E-state index in [2.05, 4.69) is 9.80 Å². The first-order valence-electron chi connectivity index (χ1n) is 6.31. The van der Waals surface area contributed by atoms with Crippen LogP contribution in [0.5, 0.6) is 0 Å². The Labute approximate surface area is 112 Å². The van der Waals surface area contributed by atoms with Gasteiger partial charge in [0.05, 0.1) is 11.0 Å². The summed E-state index contributed by atoms with van der Waals surface area (Å²) < 4.78 is 0. The third kappa shape index (κ3) is 3.21. The minimum atomic E-state index is -0.392. The summed E-state index contributed by atoms with van der Waals surface area (Å²) in [5.74, 6) is 0. The van der Waals surface area contributed by atoms with Gasteiger partial charge in [0.1, 0.15) is 0 Å². The molecule has 1 heterocycles. The molecule has 1 aromatic rings. The fourth-order valence-corrected chi connectivity index (χ4v) is 2.59. The molecule has 1 N–H and O–H groups in total. The molecule has 0 aliphatic carbocycles. The molecule has 1 aliphatic rings. The van der Waals surface area contributed by atoms with Gasteiger partial charge in [-0.25, -0.2) is 0 Å². The molecule has 0 saturated carbocycles. The molecule has 2 atom stereocenters. The minimum absolute atomic E-state index is 0.0856. The molecule has 19 heavy (non-hydrogen) atoms. The molecule has 1 aliphatic heterocycles. The van der Waals surface area contributed by atoms with E-state index in [1.54, 1.807) is 12.1 Å². The Morgan fingerprint density at radius 1 is 1.53 bits per heavy atom. The fraction of sp³-hybridized carbons (Fsp3) is 0.538. The Kier molecular flexibility index (Phi) is 4.01. The highest BCUT2D eigenvalue weighted by Crippen LogP contribution is 2.28. The quantitative estimate of drug-likeness (QED) is 0.652. The van der Waals surface area contributed by atoms with Crippen LogP contribution in [0, 0.1) is 10.1 Å². The lowest BCUT2D eigenvalue weighted by Gasteiger charge is -2.28. The Bertz CT molecular complexity index is 464. The number of hydrogen-bond donors (Lipinski definition) is 1. The summed E-state index contributed by atoms with van der Waals surface area (Å²) in [6.45, 7) is 1.35. The van der Waals surface area contributed by atoms with Crippen LogP contribution in [0.2, 0.25) is 0 Å². The van der Waals surface area contributed by atoms with Crippen molar-refractivity contribution in [3.63, 3.8) is 0 Å². The fourth-order valence-electron chi connectivity index (χ4n) is 2.59. The maximum atomic E-state index is 10.8. The van der Waals surface area contributed by atoms with E-state index in [1.165, 1.54) is 6.07 Å². The summed E-state index contributed by atoms with van der Waals surface area (Å²) in [6, 6.07) is 6.78. The van der Waals surface area contributed by atoms with Crippen LogP contribution < -0.4 is 4.90 Å². The molecule has 6 heteroatoms. The SMILES string of the molecule is CN(C)CC1CC(O)CN1c1cccc([N+](=O)[O-])c1. The van der Waals surface area contributed by atoms with Crippen molar-refractivity contribution >= 4 is 11.4 Å². The molecule has 0 bridgehead atoms. The third-order valence-corrected chi connectivity index (χ3v) is 3.34. The number of nitro groups is 1. The summed E-state index contributed by atoms with van der Waals surface area (Å²) >= 11 is 0. The number of benzene rings is 1. The van der Waals surface area contributed by atoms with Crippen molar-refractivity contribution in [1.29, 1.82) is 0 Å². The standard InChI is InChI=1S/C13H19N3O3/c1-14(2)8-12-7-13(17)9-15(12)10-4-3-5-11(6-10)16(18)19/h3-6,12-13,17H,7-9H2,1-2H3. The van der Waals surface area contributed by atoms with Crippen molar-refractivity contribution in [1.82, 2.24) is 4.90 Å². The van der Waals surface area contributed by atoms with Crippen molar-refractivity contribution in [3.05, 3.63) is 34.4 Å². The van der Waals surface area contributed by atoms with Gasteiger partial charge in [0.15, 0.2) is 0 Å². The number of non-ortho nitro benzene ring substituents is 1. The highest BCUT2D eigenvalue weighted by Gasteiger charge is 2.31. The van der Waals surface area contributed by atoms with Gasteiger partial charge < -0.3 is 14.9 Å². The molecule has 0 amide bonds. The molecule has 0 aromatic heterocycles. The second kappa shape index (κ2) is 5.54. The van der Waals surface area contributed by atoms with E-state index in [4.69, 9.17) is 0 Å². The second-order valence-corrected chi connectivity index (χ2v) is 5.23. The molecular weight excluding hydrogens is 246 g/mol. The van der Waals surface area contributed by atoms with Gasteiger partial charge in [0.2, 0.25) is 0 Å². The first kappa shape index (κ1) is 13.8. The number of aliphatic hydroxyl groups is 1. The van der Waals surface area contributed by atoms with Crippen LogP contribution in [0.15, 0.2) is 24.3 Å². The monoisotopic (exact) mass is 265 g/mol. The summed E-state index contributed by atoms with van der Waals surface area (Å²) in [5.41, 5.74) is 0.889. The van der Waals surface area contributed by atoms with Crippen LogP contribution in [0.4, 0.5) is 11.4 Å². The minimum Gasteiger partial charge on any atom is -0.391 e. The number of nitro benzene ring substituents is 1. The number of hydrogen-bond acceptors (Lipinski definition) is 5. The van der Waals surface area contributed by atoms with E-state index in [9.17, 15) is 15.2 Å². The molecule has 1 saturated heterocycles. The molecular formula is C13H19N3O3. The lowest BCUT2D eigenvalue weighted by Crippen LogP contribution is -2.37. The molecule has 2 unspecified atom stereocenters. The lowest BCUT2D eigenvalue weighted by atomic mass is 10.2. The molecule has 2 rings (SSSR count). The Morgan fingerprint density at radius 2 is 2.26 bits per heavy atom. The van der Waals surface area contributed by atoms with Gasteiger partial charge >= 0.3 is 0 Å². The Balaban J connectivity index is 2.23. The summed E-state index contributed by atoms with van der Waals surface area (Å²) in [4.78, 5) is 14.5. The predicted octanol–water partition coefficient (Wildman–Crippen LogP) is 1.10. The number of likely N-dealkylation sites (N-methyl/N-ethyl adjacent to an activating group) is 1. The van der Waals surface area contributed by atoms with Gasteiger partial charge in [0, 0.05) is 37.0 Å². The molecule has 0 radical (unpaired) electrons. The second-order valence-electron chi connectivity index (χ2n) is 5.23. The number of aliphatic hydroxyl groups excluding tert-OH is 1. The zero-order chi connectivity index (χ0) is 14.0. The maximum Gasteiger partial charge on any atom is 0.271 e. The van der Waals surface area contributed by atoms with E-state index < -0.39 is 4.92 Å². The van der Waals surface area contributed by atoms with Crippen LogP contribution in [0.3, 0.4) is 0 Å². The maximum absolute atomic E-state index is 10.8. The first-order valence-corrected chi connectivity index (χ1v) is 6.31. The van der Waals surface area contributed by atoms with Gasteiger partial charge in [-0.2, -0.15) is 0 Å². The molecule has 1 fully saturated rings. The van der Waals surface area contributed by atoms with Gasteiger partial charge in [-0.15, -0.1) is 0 Å². The van der Waals surface area contributed by atoms with Crippen molar-refractivity contribution in [3.8, 4) is 0 Å². The zero-order valence-corrected chi connectivity index (χ0v) is 11.2. The molecule has 104 valence electrons. The normalized spacial score (nSPS) is 23.1. The summed E-state index contributed by atoms with van der Waals surface area (Å²) in [7, 11) is 3.96. The average molecular weight is 265 g/mol. The van der Waals surface area contributed by atoms with Gasteiger partial charge in [-0.05, 0) is 26.6 Å². The van der Waals surface area contributed by atoms with Crippen LogP contribution in [-0.4, -0.2) is 54.3 Å². The van der Waals surface area contributed by atoms with Crippen LogP contribution in [0.1, 0.15) is 6.42 Å². The summed E-state index contributed by atoms with van der Waals surface area (Å²) in [5, 5.41) is 20.6. The average Bonchev–Trinajstić information content (AvgIpc) is 2.69. The Morgan fingerprint density at radius 3 is 2.89 bits per heavy atom. The predicted molar refractivity (Wildman–Crippen MR) is 73.4 cm³/mol. The third-order valence-electron chi connectivity index (χ3n) is 3.34.